The Morgan fingerprint density at radius 1 is 1.04 bits per heavy atom. The molecule has 0 aromatic heterocycles. The minimum absolute atomic E-state index is 0.0943. The van der Waals surface area contributed by atoms with Gasteiger partial charge in [-0.05, 0) is 80.5 Å². The number of hydrogen-bond donors (Lipinski definition) is 0. The summed E-state index contributed by atoms with van der Waals surface area (Å²) in [6.45, 7) is 4.46. The van der Waals surface area contributed by atoms with Gasteiger partial charge in [-0.25, -0.2) is 4.79 Å². The second-order valence-electron chi connectivity index (χ2n) is 9.87. The van der Waals surface area contributed by atoms with Crippen molar-refractivity contribution in [3.8, 4) is 0 Å². The topological polar surface area (TPSA) is 43.4 Å². The smallest absolute Gasteiger partial charge is 0.456 e. The first-order chi connectivity index (χ1) is 12.6. The zero-order chi connectivity index (χ0) is 19.6. The molecular weight excluding hydrogens is 357 g/mol. The number of hydrogen-bond acceptors (Lipinski definition) is 3. The van der Waals surface area contributed by atoms with Crippen LogP contribution >= 0.6 is 0 Å². The molecule has 0 spiro atoms. The van der Waals surface area contributed by atoms with Crippen molar-refractivity contribution in [2.45, 2.75) is 83.9 Å². The lowest BCUT2D eigenvalue weighted by molar-refractivity contribution is -0.210. The highest BCUT2D eigenvalue weighted by Crippen LogP contribution is 2.65. The van der Waals surface area contributed by atoms with Gasteiger partial charge in [0.1, 0.15) is 11.9 Å². The van der Waals surface area contributed by atoms with E-state index in [2.05, 4.69) is 13.8 Å². The summed E-state index contributed by atoms with van der Waals surface area (Å²) < 4.78 is 42.3. The Morgan fingerprint density at radius 3 is 2.48 bits per heavy atom. The molecule has 3 unspecified atom stereocenters. The van der Waals surface area contributed by atoms with E-state index in [9.17, 15) is 22.8 Å². The summed E-state index contributed by atoms with van der Waals surface area (Å²) >= 11 is 0. The summed E-state index contributed by atoms with van der Waals surface area (Å²) in [7, 11) is 0. The average Bonchev–Trinajstić information content (AvgIpc) is 2.89. The van der Waals surface area contributed by atoms with Crippen molar-refractivity contribution in [2.24, 2.45) is 34.5 Å². The Balaban J connectivity index is 1.48. The molecule has 0 amide bonds. The first kappa shape index (κ1) is 19.3. The van der Waals surface area contributed by atoms with Crippen LogP contribution in [-0.2, 0) is 14.3 Å². The minimum atomic E-state index is -4.92. The molecule has 0 aliphatic heterocycles. The molecule has 6 heteroatoms. The van der Waals surface area contributed by atoms with Gasteiger partial charge in [0.05, 0.1) is 0 Å². The zero-order valence-corrected chi connectivity index (χ0v) is 16.1. The summed E-state index contributed by atoms with van der Waals surface area (Å²) in [6, 6.07) is 0. The molecule has 7 atom stereocenters. The summed E-state index contributed by atoms with van der Waals surface area (Å²) in [5, 5.41) is 0. The van der Waals surface area contributed by atoms with Gasteiger partial charge in [0.15, 0.2) is 0 Å². The van der Waals surface area contributed by atoms with Gasteiger partial charge < -0.3 is 4.74 Å². The number of fused-ring (bicyclic) bond motifs is 5. The van der Waals surface area contributed by atoms with Crippen LogP contribution in [0.3, 0.4) is 0 Å². The van der Waals surface area contributed by atoms with Crippen LogP contribution in [0.1, 0.15) is 71.6 Å². The molecule has 3 nitrogen and oxygen atoms in total. The van der Waals surface area contributed by atoms with Crippen LogP contribution in [-0.4, -0.2) is 24.0 Å². The molecule has 0 aromatic rings. The lowest BCUT2D eigenvalue weighted by Crippen LogP contribution is -2.54. The number of Topliss-reactive ketones (excluding diaryl/α,β-unsaturated/α-hetero) is 1. The van der Waals surface area contributed by atoms with E-state index >= 15 is 0 Å². The zero-order valence-electron chi connectivity index (χ0n) is 16.1. The van der Waals surface area contributed by atoms with E-state index in [-0.39, 0.29) is 10.8 Å². The number of carbonyl (C=O) groups excluding carboxylic acids is 2. The standard InChI is InChI=1S/C21H29F3O3/c1-19-9-7-13(27-18(26)21(22,23)24)11-12(19)3-4-14-15-5-6-17(25)20(15,2)10-8-16(14)19/h12-16H,3-11H2,1-2H3/t12-,13+,14?,15?,16?,19-,20-/m0/s1. The number of rotatable bonds is 1. The Kier molecular flexibility index (Phi) is 4.43. The van der Waals surface area contributed by atoms with E-state index in [0.717, 1.165) is 38.5 Å². The number of carbonyl (C=O) groups is 2. The highest BCUT2D eigenvalue weighted by molar-refractivity contribution is 5.87. The number of ketones is 1. The molecule has 27 heavy (non-hydrogen) atoms. The Labute approximate surface area is 158 Å². The molecule has 0 aromatic carbocycles. The summed E-state index contributed by atoms with van der Waals surface area (Å²) in [5.41, 5.74) is -0.0547. The molecule has 0 radical (unpaired) electrons. The molecule has 0 saturated heterocycles. The van der Waals surface area contributed by atoms with Crippen LogP contribution in [0.25, 0.3) is 0 Å². The van der Waals surface area contributed by atoms with Crippen molar-refractivity contribution in [1.82, 2.24) is 0 Å². The van der Waals surface area contributed by atoms with Gasteiger partial charge >= 0.3 is 12.1 Å². The summed E-state index contributed by atoms with van der Waals surface area (Å²) in [4.78, 5) is 23.7. The molecule has 4 aliphatic rings. The first-order valence-corrected chi connectivity index (χ1v) is 10.4. The third-order valence-corrected chi connectivity index (χ3v) is 8.83. The minimum Gasteiger partial charge on any atom is -0.456 e. The largest absolute Gasteiger partial charge is 0.490 e. The Hall–Kier alpha value is -1.07. The predicted molar refractivity (Wildman–Crippen MR) is 92.7 cm³/mol. The fraction of sp³-hybridized carbons (Fsp3) is 0.905. The van der Waals surface area contributed by atoms with Crippen LogP contribution in [0, 0.1) is 34.5 Å². The maximum absolute atomic E-state index is 12.5. The maximum atomic E-state index is 12.5. The highest BCUT2D eigenvalue weighted by atomic mass is 19.4. The lowest BCUT2D eigenvalue weighted by Gasteiger charge is -2.60. The van der Waals surface area contributed by atoms with Crippen molar-refractivity contribution in [3.05, 3.63) is 0 Å². The van der Waals surface area contributed by atoms with Gasteiger partial charge in [-0.2, -0.15) is 13.2 Å². The van der Waals surface area contributed by atoms with E-state index in [1.807, 2.05) is 0 Å². The van der Waals surface area contributed by atoms with E-state index in [0.29, 0.717) is 48.7 Å². The third kappa shape index (κ3) is 2.93. The normalized spacial score (nSPS) is 47.0. The summed E-state index contributed by atoms with van der Waals surface area (Å²) in [6.07, 6.45) is 2.07. The molecular formula is C21H29F3O3. The van der Waals surface area contributed by atoms with Gasteiger partial charge in [0.25, 0.3) is 0 Å². The molecule has 0 heterocycles. The van der Waals surface area contributed by atoms with Gasteiger partial charge in [-0.15, -0.1) is 0 Å². The van der Waals surface area contributed by atoms with Gasteiger partial charge in [0, 0.05) is 11.8 Å². The molecule has 4 saturated carbocycles. The van der Waals surface area contributed by atoms with Crippen molar-refractivity contribution in [3.63, 3.8) is 0 Å². The average molecular weight is 386 g/mol. The first-order valence-electron chi connectivity index (χ1n) is 10.4. The van der Waals surface area contributed by atoms with Gasteiger partial charge in [0.2, 0.25) is 0 Å². The molecule has 152 valence electrons. The highest BCUT2D eigenvalue weighted by Gasteiger charge is 2.60. The summed E-state index contributed by atoms with van der Waals surface area (Å²) in [5.74, 6) is 0.260. The van der Waals surface area contributed by atoms with E-state index in [4.69, 9.17) is 4.74 Å². The van der Waals surface area contributed by atoms with Gasteiger partial charge in [-0.3, -0.25) is 4.79 Å². The quantitative estimate of drug-likeness (QED) is 0.591. The lowest BCUT2D eigenvalue weighted by atomic mass is 9.45. The van der Waals surface area contributed by atoms with Crippen molar-refractivity contribution in [2.75, 3.05) is 0 Å². The Morgan fingerprint density at radius 2 is 1.78 bits per heavy atom. The second kappa shape index (κ2) is 6.21. The molecule has 0 N–H and O–H groups in total. The van der Waals surface area contributed by atoms with Crippen LogP contribution in [0.15, 0.2) is 0 Å². The van der Waals surface area contributed by atoms with Crippen molar-refractivity contribution < 1.29 is 27.5 Å². The number of alkyl halides is 3. The third-order valence-electron chi connectivity index (χ3n) is 8.83. The van der Waals surface area contributed by atoms with Crippen LogP contribution < -0.4 is 0 Å². The number of ether oxygens (including phenoxy) is 1. The fourth-order valence-electron chi connectivity index (χ4n) is 7.31. The van der Waals surface area contributed by atoms with E-state index in [1.165, 1.54) is 0 Å². The maximum Gasteiger partial charge on any atom is 0.490 e. The fourth-order valence-corrected chi connectivity index (χ4v) is 7.31. The second-order valence-corrected chi connectivity index (χ2v) is 9.87. The van der Waals surface area contributed by atoms with Crippen LogP contribution in [0.5, 0.6) is 0 Å². The predicted octanol–water partition coefficient (Wildman–Crippen LogP) is 5.07. The van der Waals surface area contributed by atoms with Crippen LogP contribution in [0.2, 0.25) is 0 Å². The van der Waals surface area contributed by atoms with Gasteiger partial charge in [-0.1, -0.05) is 13.8 Å². The Bertz CT molecular complexity index is 645. The monoisotopic (exact) mass is 386 g/mol. The van der Waals surface area contributed by atoms with E-state index in [1.54, 1.807) is 0 Å². The SMILES string of the molecule is C[C@]12CCC3C(CC[C@H]4C[C@H](OC(=O)C(F)(F)F)CC[C@]34C)C1CCC2=O. The molecule has 0 bridgehead atoms. The number of halogens is 3. The van der Waals surface area contributed by atoms with Crippen molar-refractivity contribution >= 4 is 11.8 Å². The van der Waals surface area contributed by atoms with Crippen LogP contribution in [0.4, 0.5) is 13.2 Å². The molecule has 4 fully saturated rings. The van der Waals surface area contributed by atoms with E-state index < -0.39 is 18.2 Å². The molecule has 4 aliphatic carbocycles. The number of esters is 1. The van der Waals surface area contributed by atoms with Crippen molar-refractivity contribution in [1.29, 1.82) is 0 Å². The molecule has 4 rings (SSSR count).